The molecule has 1 fully saturated rings. The van der Waals surface area contributed by atoms with Crippen molar-refractivity contribution in [2.75, 3.05) is 13.1 Å². The maximum absolute atomic E-state index is 10.8. The number of hydrogen-bond donors (Lipinski definition) is 1. The van der Waals surface area contributed by atoms with Crippen LogP contribution in [-0.2, 0) is 13.0 Å². The van der Waals surface area contributed by atoms with Gasteiger partial charge in [0.1, 0.15) is 5.15 Å². The predicted molar refractivity (Wildman–Crippen MR) is 88.9 cm³/mol. The average Bonchev–Trinajstić information content (AvgIpc) is 2.53. The van der Waals surface area contributed by atoms with Crippen molar-refractivity contribution < 1.29 is 5.11 Å². The molecule has 1 aromatic carbocycles. The van der Waals surface area contributed by atoms with E-state index in [1.807, 2.05) is 30.3 Å². The van der Waals surface area contributed by atoms with Crippen molar-refractivity contribution >= 4 is 11.6 Å². The summed E-state index contributed by atoms with van der Waals surface area (Å²) in [5, 5.41) is 11.4. The van der Waals surface area contributed by atoms with Crippen LogP contribution in [-0.4, -0.2) is 33.7 Å². The maximum atomic E-state index is 10.8. The molecule has 0 amide bonds. The summed E-state index contributed by atoms with van der Waals surface area (Å²) in [7, 11) is 0. The highest BCUT2D eigenvalue weighted by atomic mass is 35.5. The van der Waals surface area contributed by atoms with Crippen LogP contribution in [0.2, 0.25) is 5.15 Å². The number of benzene rings is 1. The molecule has 1 N–H and O–H groups in total. The van der Waals surface area contributed by atoms with Crippen molar-refractivity contribution in [3.8, 4) is 0 Å². The number of rotatable bonds is 4. The van der Waals surface area contributed by atoms with Gasteiger partial charge in [0.2, 0.25) is 0 Å². The highest BCUT2D eigenvalue weighted by Crippen LogP contribution is 2.27. The third-order valence-electron chi connectivity index (χ3n) is 4.39. The first kappa shape index (κ1) is 15.5. The van der Waals surface area contributed by atoms with Gasteiger partial charge in [0.05, 0.1) is 5.60 Å². The number of piperidine rings is 1. The van der Waals surface area contributed by atoms with Gasteiger partial charge in [-0.25, -0.2) is 4.98 Å². The van der Waals surface area contributed by atoms with Crippen LogP contribution < -0.4 is 0 Å². The molecule has 3 nitrogen and oxygen atoms in total. The molecular weight excluding hydrogens is 296 g/mol. The molecule has 0 radical (unpaired) electrons. The summed E-state index contributed by atoms with van der Waals surface area (Å²) in [5.41, 5.74) is 1.67. The van der Waals surface area contributed by atoms with E-state index in [9.17, 15) is 5.11 Å². The number of likely N-dealkylation sites (tertiary alicyclic amines) is 1. The lowest BCUT2D eigenvalue weighted by molar-refractivity contribution is -0.0224. The molecule has 1 saturated heterocycles. The molecule has 0 saturated carbocycles. The van der Waals surface area contributed by atoms with Crippen molar-refractivity contribution in [2.45, 2.75) is 31.4 Å². The Kier molecular flexibility index (Phi) is 4.77. The van der Waals surface area contributed by atoms with Crippen molar-refractivity contribution in [3.63, 3.8) is 0 Å². The lowest BCUT2D eigenvalue weighted by Crippen LogP contribution is -2.45. The van der Waals surface area contributed by atoms with Crippen molar-refractivity contribution in [3.05, 3.63) is 64.9 Å². The highest BCUT2D eigenvalue weighted by Gasteiger charge is 2.32. The van der Waals surface area contributed by atoms with Gasteiger partial charge in [-0.3, -0.25) is 4.90 Å². The van der Waals surface area contributed by atoms with Gasteiger partial charge in [0.25, 0.3) is 0 Å². The molecule has 1 aliphatic heterocycles. The molecule has 1 aliphatic rings. The quantitative estimate of drug-likeness (QED) is 0.879. The van der Waals surface area contributed by atoms with Crippen molar-refractivity contribution in [1.82, 2.24) is 9.88 Å². The molecule has 3 rings (SSSR count). The van der Waals surface area contributed by atoms with Gasteiger partial charge in [-0.15, -0.1) is 0 Å². The molecule has 0 spiro atoms. The Balaban J connectivity index is 1.57. The van der Waals surface area contributed by atoms with Crippen LogP contribution in [0.5, 0.6) is 0 Å². The third kappa shape index (κ3) is 3.86. The second kappa shape index (κ2) is 6.78. The van der Waals surface area contributed by atoms with E-state index >= 15 is 0 Å². The van der Waals surface area contributed by atoms with Crippen LogP contribution in [0.1, 0.15) is 24.0 Å². The summed E-state index contributed by atoms with van der Waals surface area (Å²) in [6, 6.07) is 14.2. The summed E-state index contributed by atoms with van der Waals surface area (Å²) in [6.07, 6.45) is 4.02. The fourth-order valence-electron chi connectivity index (χ4n) is 3.06. The lowest BCUT2D eigenvalue weighted by atomic mass is 9.85. The Labute approximate surface area is 136 Å². The Morgan fingerprint density at radius 1 is 1.09 bits per heavy atom. The van der Waals surface area contributed by atoms with E-state index in [4.69, 9.17) is 11.6 Å². The van der Waals surface area contributed by atoms with Crippen molar-refractivity contribution in [2.24, 2.45) is 0 Å². The summed E-state index contributed by atoms with van der Waals surface area (Å²) in [6.45, 7) is 2.57. The second-order valence-corrected chi connectivity index (χ2v) is 6.47. The first-order valence-corrected chi connectivity index (χ1v) is 8.10. The standard InChI is InChI=1S/C18H21ClN2O/c19-17-16(7-4-10-20-17)14-21-11-8-18(22,9-12-21)13-15-5-2-1-3-6-15/h1-7,10,22H,8-9,11-14H2. The first-order valence-electron chi connectivity index (χ1n) is 7.73. The molecule has 4 heteroatoms. The second-order valence-electron chi connectivity index (χ2n) is 6.12. The van der Waals surface area contributed by atoms with Crippen LogP contribution in [0, 0.1) is 0 Å². The van der Waals surface area contributed by atoms with Gasteiger partial charge in [0, 0.05) is 37.8 Å². The number of halogens is 1. The van der Waals surface area contributed by atoms with Gasteiger partial charge in [-0.05, 0) is 24.5 Å². The zero-order valence-electron chi connectivity index (χ0n) is 12.6. The van der Waals surface area contributed by atoms with Gasteiger partial charge >= 0.3 is 0 Å². The average molecular weight is 317 g/mol. The topological polar surface area (TPSA) is 36.4 Å². The molecule has 0 aliphatic carbocycles. The zero-order valence-corrected chi connectivity index (χ0v) is 13.3. The fraction of sp³-hybridized carbons (Fsp3) is 0.389. The molecule has 22 heavy (non-hydrogen) atoms. The Hall–Kier alpha value is -1.42. The van der Waals surface area contributed by atoms with Crippen LogP contribution in [0.4, 0.5) is 0 Å². The smallest absolute Gasteiger partial charge is 0.133 e. The monoisotopic (exact) mass is 316 g/mol. The molecule has 2 heterocycles. The van der Waals surface area contributed by atoms with E-state index in [2.05, 4.69) is 22.0 Å². The van der Waals surface area contributed by atoms with Gasteiger partial charge in [-0.2, -0.15) is 0 Å². The first-order chi connectivity index (χ1) is 10.6. The largest absolute Gasteiger partial charge is 0.389 e. The predicted octanol–water partition coefficient (Wildman–Crippen LogP) is 3.30. The summed E-state index contributed by atoms with van der Waals surface area (Å²) < 4.78 is 0. The molecule has 2 aromatic rings. The summed E-state index contributed by atoms with van der Waals surface area (Å²) in [5.74, 6) is 0. The van der Waals surface area contributed by atoms with Gasteiger partial charge in [-0.1, -0.05) is 48.0 Å². The summed E-state index contributed by atoms with van der Waals surface area (Å²) in [4.78, 5) is 6.45. The molecular formula is C18H21ClN2O. The third-order valence-corrected chi connectivity index (χ3v) is 4.73. The van der Waals surface area contributed by atoms with Crippen LogP contribution in [0.25, 0.3) is 0 Å². The van der Waals surface area contributed by atoms with Crippen LogP contribution >= 0.6 is 11.6 Å². The molecule has 116 valence electrons. The van der Waals surface area contributed by atoms with Crippen LogP contribution in [0.15, 0.2) is 48.7 Å². The number of hydrogen-bond acceptors (Lipinski definition) is 3. The Bertz CT molecular complexity index is 609. The molecule has 0 unspecified atom stereocenters. The maximum Gasteiger partial charge on any atom is 0.133 e. The van der Waals surface area contributed by atoms with E-state index in [0.717, 1.165) is 44.5 Å². The van der Waals surface area contributed by atoms with E-state index in [0.29, 0.717) is 5.15 Å². The lowest BCUT2D eigenvalue weighted by Gasteiger charge is -2.38. The summed E-state index contributed by atoms with van der Waals surface area (Å²) >= 11 is 6.12. The molecule has 0 bridgehead atoms. The molecule has 0 atom stereocenters. The van der Waals surface area contributed by atoms with Gasteiger partial charge in [0.15, 0.2) is 0 Å². The normalized spacial score (nSPS) is 18.3. The number of aliphatic hydroxyl groups is 1. The van der Waals surface area contributed by atoms with E-state index < -0.39 is 5.60 Å². The van der Waals surface area contributed by atoms with E-state index in [-0.39, 0.29) is 0 Å². The number of aromatic nitrogens is 1. The Morgan fingerprint density at radius 2 is 1.82 bits per heavy atom. The van der Waals surface area contributed by atoms with Crippen molar-refractivity contribution in [1.29, 1.82) is 0 Å². The van der Waals surface area contributed by atoms with E-state index in [1.165, 1.54) is 5.56 Å². The zero-order chi connectivity index (χ0) is 15.4. The minimum atomic E-state index is -0.587. The van der Waals surface area contributed by atoms with Gasteiger partial charge < -0.3 is 5.11 Å². The fourth-order valence-corrected chi connectivity index (χ4v) is 3.24. The van der Waals surface area contributed by atoms with E-state index in [1.54, 1.807) is 6.20 Å². The number of nitrogens with zero attached hydrogens (tertiary/aromatic N) is 2. The SMILES string of the molecule is OC1(Cc2ccccc2)CCN(Cc2cccnc2Cl)CC1. The minimum absolute atomic E-state index is 0.577. The number of pyridine rings is 1. The Morgan fingerprint density at radius 3 is 2.50 bits per heavy atom. The molecule has 1 aromatic heterocycles. The van der Waals surface area contributed by atoms with Crippen LogP contribution in [0.3, 0.4) is 0 Å². The minimum Gasteiger partial charge on any atom is -0.389 e. The highest BCUT2D eigenvalue weighted by molar-refractivity contribution is 6.30.